The number of carbonyl (C=O) groups is 1. The Labute approximate surface area is 311 Å². The fourth-order valence-corrected chi connectivity index (χ4v) is 17.0. The van der Waals surface area contributed by atoms with Crippen molar-refractivity contribution in [3.63, 3.8) is 0 Å². The number of fused-ring (bicyclic) bond motifs is 5. The van der Waals surface area contributed by atoms with Crippen molar-refractivity contribution in [2.75, 3.05) is 6.61 Å². The minimum absolute atomic E-state index is 0.0181. The van der Waals surface area contributed by atoms with E-state index in [0.717, 1.165) is 31.6 Å². The summed E-state index contributed by atoms with van der Waals surface area (Å²) >= 11 is 0. The van der Waals surface area contributed by atoms with Crippen LogP contribution in [0.4, 0.5) is 0 Å². The molecule has 0 heterocycles. The summed E-state index contributed by atoms with van der Waals surface area (Å²) in [7, 11) is -2.61. The maximum atomic E-state index is 12.7. The Morgan fingerprint density at radius 2 is 1.57 bits per heavy atom. The van der Waals surface area contributed by atoms with E-state index in [2.05, 4.69) is 115 Å². The first kappa shape index (κ1) is 38.5. The van der Waals surface area contributed by atoms with Gasteiger partial charge >= 0.3 is 5.97 Å². The number of rotatable bonds is 12. The molecule has 280 valence electrons. The number of hydrogen-bond donors (Lipinski definition) is 1. The van der Waals surface area contributed by atoms with E-state index in [0.29, 0.717) is 30.8 Å². The standard InChI is InChI=1S/C46H68O4Si/c1-9-17-33(43(48)49-10-2)30-42(47)32(3)39-24-25-40-38-23-22-34-31-35(26-28-45(34,7)41(38)27-29-46(39,40)8)50-51(44(4,5)6,36-18-13-11-14-19-36)37-20-15-12-16-21-37/h11-16,18-22,32-33,35,38-42,47H,9-10,17,23-31H2,1-8H3/t32-,33-,35-,38-,39+,40-,41-,42+,45-,46+/m0/s1. The predicted octanol–water partition coefficient (Wildman–Crippen LogP) is 9.88. The van der Waals surface area contributed by atoms with E-state index < -0.39 is 14.4 Å². The van der Waals surface area contributed by atoms with Gasteiger partial charge < -0.3 is 14.3 Å². The van der Waals surface area contributed by atoms with Gasteiger partial charge in [0.05, 0.1) is 18.6 Å². The lowest BCUT2D eigenvalue weighted by molar-refractivity contribution is -0.150. The summed E-state index contributed by atoms with van der Waals surface area (Å²) in [5.74, 6) is 2.49. The molecule has 0 aliphatic heterocycles. The summed E-state index contributed by atoms with van der Waals surface area (Å²) in [6, 6.07) is 22.3. The van der Waals surface area contributed by atoms with Crippen LogP contribution in [0.1, 0.15) is 126 Å². The molecule has 10 atom stereocenters. The largest absolute Gasteiger partial charge is 0.466 e. The lowest BCUT2D eigenvalue weighted by atomic mass is 9.47. The SMILES string of the molecule is CCC[C@@H](C[C@@H](O)[C@@H](C)[C@H]1CC[C@H]2[C@@H]3CC=C4C[C@@H](O[Si](c5ccccc5)(c5ccccc5)C(C)(C)C)CC[C@]4(C)[C@H]3CC[C@]12C)C(=O)OCC. The zero-order chi connectivity index (χ0) is 36.6. The van der Waals surface area contributed by atoms with Gasteiger partial charge in [-0.3, -0.25) is 4.79 Å². The van der Waals surface area contributed by atoms with Crippen LogP contribution >= 0.6 is 0 Å². The van der Waals surface area contributed by atoms with Crippen molar-refractivity contribution >= 4 is 24.7 Å². The van der Waals surface area contributed by atoms with Crippen LogP contribution < -0.4 is 10.4 Å². The average molecular weight is 713 g/mol. The van der Waals surface area contributed by atoms with Gasteiger partial charge in [0, 0.05) is 6.10 Å². The third-order valence-electron chi connectivity index (χ3n) is 14.9. The summed E-state index contributed by atoms with van der Waals surface area (Å²) in [5, 5.41) is 14.3. The lowest BCUT2D eigenvalue weighted by Gasteiger charge is -2.59. The Kier molecular flexibility index (Phi) is 11.5. The minimum Gasteiger partial charge on any atom is -0.466 e. The maximum Gasteiger partial charge on any atom is 0.309 e. The Morgan fingerprint density at radius 3 is 2.16 bits per heavy atom. The second-order valence-corrected chi connectivity index (χ2v) is 22.8. The smallest absolute Gasteiger partial charge is 0.309 e. The molecule has 2 aromatic carbocycles. The number of aliphatic hydroxyl groups excluding tert-OH is 1. The molecule has 5 heteroatoms. The molecule has 2 aromatic rings. The van der Waals surface area contributed by atoms with Crippen LogP contribution in [0.2, 0.25) is 5.04 Å². The number of esters is 1. The number of ether oxygens (including phenoxy) is 1. The summed E-state index contributed by atoms with van der Waals surface area (Å²) < 4.78 is 13.1. The first-order valence-electron chi connectivity index (χ1n) is 20.6. The Hall–Kier alpha value is -2.21. The van der Waals surface area contributed by atoms with Crippen molar-refractivity contribution in [3.05, 3.63) is 72.3 Å². The third-order valence-corrected chi connectivity index (χ3v) is 20.0. The van der Waals surface area contributed by atoms with Crippen LogP contribution in [-0.4, -0.2) is 38.2 Å². The first-order valence-corrected chi connectivity index (χ1v) is 22.5. The molecule has 0 spiro atoms. The van der Waals surface area contributed by atoms with Gasteiger partial charge in [0.25, 0.3) is 8.32 Å². The summed E-state index contributed by atoms with van der Waals surface area (Å²) in [6.07, 6.45) is 14.2. The summed E-state index contributed by atoms with van der Waals surface area (Å²) in [5.41, 5.74) is 2.16. The molecule has 3 fully saturated rings. The minimum atomic E-state index is -2.61. The molecule has 0 radical (unpaired) electrons. The molecule has 1 N–H and O–H groups in total. The van der Waals surface area contributed by atoms with Gasteiger partial charge in [-0.15, -0.1) is 0 Å². The quantitative estimate of drug-likeness (QED) is 0.135. The molecule has 6 rings (SSSR count). The van der Waals surface area contributed by atoms with Crippen molar-refractivity contribution in [2.45, 2.75) is 143 Å². The van der Waals surface area contributed by atoms with E-state index >= 15 is 0 Å². The fourth-order valence-electron chi connectivity index (χ4n) is 12.3. The highest BCUT2D eigenvalue weighted by atomic mass is 28.4. The fraction of sp³-hybridized carbons (Fsp3) is 0.674. The molecule has 0 unspecified atom stereocenters. The molecule has 4 aliphatic rings. The second kappa shape index (κ2) is 15.3. The maximum absolute atomic E-state index is 12.7. The average Bonchev–Trinajstić information content (AvgIpc) is 3.47. The van der Waals surface area contributed by atoms with Crippen LogP contribution in [0.3, 0.4) is 0 Å². The van der Waals surface area contributed by atoms with Crippen molar-refractivity contribution in [2.24, 2.45) is 46.3 Å². The predicted molar refractivity (Wildman–Crippen MR) is 213 cm³/mol. The van der Waals surface area contributed by atoms with E-state index in [1.807, 2.05) is 6.92 Å². The van der Waals surface area contributed by atoms with Crippen molar-refractivity contribution in [3.8, 4) is 0 Å². The number of hydrogen-bond acceptors (Lipinski definition) is 4. The third kappa shape index (κ3) is 6.98. The van der Waals surface area contributed by atoms with Crippen molar-refractivity contribution in [1.29, 1.82) is 0 Å². The summed E-state index contributed by atoms with van der Waals surface area (Å²) in [6.45, 7) is 19.0. The monoisotopic (exact) mass is 712 g/mol. The molecule has 0 aromatic heterocycles. The molecule has 4 aliphatic carbocycles. The van der Waals surface area contributed by atoms with Crippen molar-refractivity contribution in [1.82, 2.24) is 0 Å². The van der Waals surface area contributed by atoms with E-state index in [1.54, 1.807) is 5.57 Å². The van der Waals surface area contributed by atoms with E-state index in [-0.39, 0.29) is 39.8 Å². The highest BCUT2D eigenvalue weighted by molar-refractivity contribution is 6.99. The highest BCUT2D eigenvalue weighted by Gasteiger charge is 2.60. The molecular formula is C46H68O4Si. The number of allylic oxidation sites excluding steroid dienone is 1. The van der Waals surface area contributed by atoms with Crippen LogP contribution in [-0.2, 0) is 14.0 Å². The molecule has 0 amide bonds. The van der Waals surface area contributed by atoms with Gasteiger partial charge in [-0.05, 0) is 127 Å². The Balaban J connectivity index is 1.20. The van der Waals surface area contributed by atoms with Crippen LogP contribution in [0.5, 0.6) is 0 Å². The van der Waals surface area contributed by atoms with Crippen molar-refractivity contribution < 1.29 is 19.1 Å². The second-order valence-electron chi connectivity index (χ2n) is 18.5. The summed E-state index contributed by atoms with van der Waals surface area (Å²) in [4.78, 5) is 12.7. The van der Waals surface area contributed by atoms with Gasteiger partial charge in [-0.25, -0.2) is 0 Å². The van der Waals surface area contributed by atoms with Gasteiger partial charge in [0.1, 0.15) is 0 Å². The van der Waals surface area contributed by atoms with Crippen LogP contribution in [0, 0.1) is 46.3 Å². The molecule has 0 bridgehead atoms. The normalized spacial score (nSPS) is 32.5. The highest BCUT2D eigenvalue weighted by Crippen LogP contribution is 2.67. The molecule has 51 heavy (non-hydrogen) atoms. The lowest BCUT2D eigenvalue weighted by Crippen LogP contribution is -2.68. The number of benzene rings is 2. The van der Waals surface area contributed by atoms with Gasteiger partial charge in [-0.2, -0.15) is 0 Å². The molecule has 3 saturated carbocycles. The topological polar surface area (TPSA) is 55.8 Å². The van der Waals surface area contributed by atoms with Crippen LogP contribution in [0.25, 0.3) is 0 Å². The Morgan fingerprint density at radius 1 is 0.922 bits per heavy atom. The van der Waals surface area contributed by atoms with Gasteiger partial charge in [0.15, 0.2) is 0 Å². The molecular weight excluding hydrogens is 645 g/mol. The van der Waals surface area contributed by atoms with E-state index in [9.17, 15) is 9.90 Å². The first-order chi connectivity index (χ1) is 24.3. The molecule has 0 saturated heterocycles. The van der Waals surface area contributed by atoms with Gasteiger partial charge in [0.2, 0.25) is 0 Å². The van der Waals surface area contributed by atoms with E-state index in [4.69, 9.17) is 9.16 Å². The van der Waals surface area contributed by atoms with E-state index in [1.165, 1.54) is 48.9 Å². The van der Waals surface area contributed by atoms with Gasteiger partial charge in [-0.1, -0.05) is 127 Å². The van der Waals surface area contributed by atoms with Crippen LogP contribution in [0.15, 0.2) is 72.3 Å². The Bertz CT molecular complexity index is 1460. The number of aliphatic hydroxyl groups is 1. The zero-order valence-corrected chi connectivity index (χ0v) is 34.1. The molecule has 4 nitrogen and oxygen atoms in total. The number of carbonyl (C=O) groups excluding carboxylic acids is 1. The zero-order valence-electron chi connectivity index (χ0n) is 33.1.